The van der Waals surface area contributed by atoms with Crippen molar-refractivity contribution in [3.63, 3.8) is 0 Å². The van der Waals surface area contributed by atoms with Gasteiger partial charge in [-0.1, -0.05) is 36.4 Å². The summed E-state index contributed by atoms with van der Waals surface area (Å²) in [5.41, 5.74) is 0.854. The van der Waals surface area contributed by atoms with E-state index in [-0.39, 0.29) is 12.6 Å². The fourth-order valence-corrected chi connectivity index (χ4v) is 1.84. The zero-order valence-electron chi connectivity index (χ0n) is 12.0. The quantitative estimate of drug-likeness (QED) is 0.794. The Morgan fingerprint density at radius 2 is 1.67 bits per heavy atom. The lowest BCUT2D eigenvalue weighted by molar-refractivity contribution is -0.144. The molecule has 2 aromatic carbocycles. The number of benzene rings is 2. The molecule has 0 spiro atoms. The number of carbonyl (C=O) groups excluding carboxylic acids is 1. The first-order valence-electron chi connectivity index (χ1n) is 6.95. The van der Waals surface area contributed by atoms with E-state index in [0.29, 0.717) is 6.61 Å². The molecule has 0 bridgehead atoms. The molecule has 4 nitrogen and oxygen atoms in total. The van der Waals surface area contributed by atoms with Crippen LogP contribution in [0.3, 0.4) is 0 Å². The minimum absolute atomic E-state index is 0.206. The van der Waals surface area contributed by atoms with Crippen LogP contribution in [0.25, 0.3) is 0 Å². The third-order valence-corrected chi connectivity index (χ3v) is 2.85. The van der Waals surface area contributed by atoms with Crippen LogP contribution < -0.4 is 10.1 Å². The number of ether oxygens (including phenoxy) is 2. The molecule has 0 saturated carbocycles. The Morgan fingerprint density at radius 1 is 1.05 bits per heavy atom. The standard InChI is InChI=1S/C17H19NO3/c1-2-20-17(19)16(18-14-9-5-3-6-10-14)13-21-15-11-7-4-8-12-15/h3-12,16,18H,2,13H2,1H3. The molecule has 0 heterocycles. The highest BCUT2D eigenvalue weighted by Gasteiger charge is 2.20. The lowest BCUT2D eigenvalue weighted by Gasteiger charge is -2.19. The van der Waals surface area contributed by atoms with Crippen LogP contribution >= 0.6 is 0 Å². The molecule has 0 fully saturated rings. The summed E-state index contributed by atoms with van der Waals surface area (Å²) in [4.78, 5) is 12.0. The first-order valence-corrected chi connectivity index (χ1v) is 6.95. The zero-order valence-corrected chi connectivity index (χ0v) is 12.0. The second-order valence-electron chi connectivity index (χ2n) is 4.44. The van der Waals surface area contributed by atoms with Gasteiger partial charge in [0.15, 0.2) is 6.04 Å². The number of para-hydroxylation sites is 2. The molecular weight excluding hydrogens is 266 g/mol. The highest BCUT2D eigenvalue weighted by atomic mass is 16.5. The fraction of sp³-hybridized carbons (Fsp3) is 0.235. The number of nitrogens with one attached hydrogen (secondary N) is 1. The molecule has 2 aromatic rings. The van der Waals surface area contributed by atoms with Gasteiger partial charge in [0.05, 0.1) is 6.61 Å². The van der Waals surface area contributed by atoms with Crippen molar-refractivity contribution >= 4 is 11.7 Å². The van der Waals surface area contributed by atoms with Gasteiger partial charge in [0.1, 0.15) is 12.4 Å². The summed E-state index contributed by atoms with van der Waals surface area (Å²) in [5.74, 6) is 0.402. The first kappa shape index (κ1) is 14.9. The normalized spacial score (nSPS) is 11.5. The van der Waals surface area contributed by atoms with Crippen molar-refractivity contribution in [2.75, 3.05) is 18.5 Å². The molecular formula is C17H19NO3. The largest absolute Gasteiger partial charge is 0.491 e. The van der Waals surface area contributed by atoms with Crippen LogP contribution in [0.2, 0.25) is 0 Å². The van der Waals surface area contributed by atoms with Crippen LogP contribution in [0, 0.1) is 0 Å². The van der Waals surface area contributed by atoms with Gasteiger partial charge >= 0.3 is 5.97 Å². The zero-order chi connectivity index (χ0) is 14.9. The van der Waals surface area contributed by atoms with E-state index in [1.54, 1.807) is 6.92 Å². The van der Waals surface area contributed by atoms with E-state index in [2.05, 4.69) is 5.32 Å². The van der Waals surface area contributed by atoms with E-state index in [4.69, 9.17) is 9.47 Å². The van der Waals surface area contributed by atoms with Crippen LogP contribution in [-0.2, 0) is 9.53 Å². The van der Waals surface area contributed by atoms with E-state index in [0.717, 1.165) is 11.4 Å². The minimum Gasteiger partial charge on any atom is -0.491 e. The molecule has 1 N–H and O–H groups in total. The minimum atomic E-state index is -0.549. The smallest absolute Gasteiger partial charge is 0.332 e. The van der Waals surface area contributed by atoms with E-state index < -0.39 is 6.04 Å². The maximum absolute atomic E-state index is 12.0. The maximum Gasteiger partial charge on any atom is 0.332 e. The van der Waals surface area contributed by atoms with Gasteiger partial charge in [0, 0.05) is 5.69 Å². The SMILES string of the molecule is CCOC(=O)C(COc1ccccc1)Nc1ccccc1. The predicted octanol–water partition coefficient (Wildman–Crippen LogP) is 3.11. The molecule has 0 amide bonds. The van der Waals surface area contributed by atoms with Gasteiger partial charge in [-0.25, -0.2) is 4.79 Å². The number of hydrogen-bond donors (Lipinski definition) is 1. The molecule has 1 atom stereocenters. The summed E-state index contributed by atoms with van der Waals surface area (Å²) in [7, 11) is 0. The molecule has 110 valence electrons. The average molecular weight is 285 g/mol. The van der Waals surface area contributed by atoms with Crippen molar-refractivity contribution in [2.45, 2.75) is 13.0 Å². The second kappa shape index (κ2) is 7.94. The molecule has 0 aliphatic carbocycles. The van der Waals surface area contributed by atoms with Crippen molar-refractivity contribution in [3.8, 4) is 5.75 Å². The topological polar surface area (TPSA) is 47.6 Å². The van der Waals surface area contributed by atoms with Crippen molar-refractivity contribution in [1.29, 1.82) is 0 Å². The van der Waals surface area contributed by atoms with Crippen LogP contribution in [0.15, 0.2) is 60.7 Å². The fourth-order valence-electron chi connectivity index (χ4n) is 1.84. The monoisotopic (exact) mass is 285 g/mol. The summed E-state index contributed by atoms with van der Waals surface area (Å²) >= 11 is 0. The summed E-state index contributed by atoms with van der Waals surface area (Å²) in [6.07, 6.45) is 0. The van der Waals surface area contributed by atoms with Crippen molar-refractivity contribution in [3.05, 3.63) is 60.7 Å². The number of esters is 1. The van der Waals surface area contributed by atoms with Crippen LogP contribution in [0.5, 0.6) is 5.75 Å². The molecule has 2 rings (SSSR count). The summed E-state index contributed by atoms with van der Waals surface area (Å²) in [5, 5.41) is 3.13. The van der Waals surface area contributed by atoms with Gasteiger partial charge in [-0.3, -0.25) is 0 Å². The molecule has 21 heavy (non-hydrogen) atoms. The molecule has 0 aromatic heterocycles. The van der Waals surface area contributed by atoms with Crippen LogP contribution in [0.4, 0.5) is 5.69 Å². The highest BCUT2D eigenvalue weighted by Crippen LogP contribution is 2.12. The number of hydrogen-bond acceptors (Lipinski definition) is 4. The summed E-state index contributed by atoms with van der Waals surface area (Å²) in [6, 6.07) is 18.4. The Balaban J connectivity index is 2.00. The Labute approximate surface area is 124 Å². The van der Waals surface area contributed by atoms with Crippen LogP contribution in [0.1, 0.15) is 6.92 Å². The van der Waals surface area contributed by atoms with Gasteiger partial charge in [0.25, 0.3) is 0 Å². The summed E-state index contributed by atoms with van der Waals surface area (Å²) < 4.78 is 10.7. The van der Waals surface area contributed by atoms with E-state index >= 15 is 0 Å². The summed E-state index contributed by atoms with van der Waals surface area (Å²) in [6.45, 7) is 2.34. The van der Waals surface area contributed by atoms with Gasteiger partial charge in [0.2, 0.25) is 0 Å². The molecule has 1 unspecified atom stereocenters. The van der Waals surface area contributed by atoms with Crippen molar-refractivity contribution in [2.24, 2.45) is 0 Å². The van der Waals surface area contributed by atoms with Gasteiger partial charge < -0.3 is 14.8 Å². The molecule has 0 radical (unpaired) electrons. The van der Waals surface area contributed by atoms with E-state index in [9.17, 15) is 4.79 Å². The maximum atomic E-state index is 12.0. The van der Waals surface area contributed by atoms with Crippen molar-refractivity contribution < 1.29 is 14.3 Å². The Bertz CT molecular complexity index is 542. The van der Waals surface area contributed by atoms with Gasteiger partial charge in [-0.15, -0.1) is 0 Å². The Hall–Kier alpha value is -2.49. The third-order valence-electron chi connectivity index (χ3n) is 2.85. The van der Waals surface area contributed by atoms with Crippen molar-refractivity contribution in [1.82, 2.24) is 0 Å². The van der Waals surface area contributed by atoms with E-state index in [1.807, 2.05) is 60.7 Å². The van der Waals surface area contributed by atoms with Gasteiger partial charge in [-0.05, 0) is 31.2 Å². The first-order chi connectivity index (χ1) is 10.3. The average Bonchev–Trinajstić information content (AvgIpc) is 2.53. The predicted molar refractivity (Wildman–Crippen MR) is 82.4 cm³/mol. The second-order valence-corrected chi connectivity index (χ2v) is 4.44. The molecule has 0 saturated heterocycles. The lowest BCUT2D eigenvalue weighted by atomic mass is 10.2. The number of rotatable bonds is 7. The Morgan fingerprint density at radius 3 is 2.29 bits per heavy atom. The number of anilines is 1. The third kappa shape index (κ3) is 4.84. The Kier molecular flexibility index (Phi) is 5.64. The molecule has 0 aliphatic rings. The highest BCUT2D eigenvalue weighted by molar-refractivity contribution is 5.79. The van der Waals surface area contributed by atoms with Gasteiger partial charge in [-0.2, -0.15) is 0 Å². The van der Waals surface area contributed by atoms with E-state index in [1.165, 1.54) is 0 Å². The lowest BCUT2D eigenvalue weighted by Crippen LogP contribution is -2.36. The van der Waals surface area contributed by atoms with Crippen LogP contribution in [-0.4, -0.2) is 25.2 Å². The molecule has 4 heteroatoms. The number of carbonyl (C=O) groups is 1. The molecule has 0 aliphatic heterocycles.